The Morgan fingerprint density at radius 3 is 2.85 bits per heavy atom. The first-order chi connectivity index (χ1) is 9.47. The molecule has 0 bridgehead atoms. The molecular weight excluding hydrogens is 278 g/mol. The zero-order valence-electron chi connectivity index (χ0n) is 11.5. The van der Waals surface area contributed by atoms with Crippen molar-refractivity contribution >= 4 is 23.6 Å². The number of rotatable bonds is 3. The highest BCUT2D eigenvalue weighted by atomic mass is 32.2. The van der Waals surface area contributed by atoms with E-state index in [1.165, 1.54) is 11.8 Å². The van der Waals surface area contributed by atoms with Crippen molar-refractivity contribution in [3.63, 3.8) is 0 Å². The maximum atomic E-state index is 11.6. The van der Waals surface area contributed by atoms with Gasteiger partial charge in [-0.3, -0.25) is 4.79 Å². The van der Waals surface area contributed by atoms with Gasteiger partial charge in [0.2, 0.25) is 5.91 Å². The van der Waals surface area contributed by atoms with Gasteiger partial charge in [0, 0.05) is 18.2 Å². The molecule has 20 heavy (non-hydrogen) atoms. The maximum absolute atomic E-state index is 11.6. The van der Waals surface area contributed by atoms with Crippen LogP contribution in [0.4, 0.5) is 0 Å². The van der Waals surface area contributed by atoms with Crippen LogP contribution < -0.4 is 5.32 Å². The molecule has 1 fully saturated rings. The number of aromatic nitrogens is 2. The van der Waals surface area contributed by atoms with Gasteiger partial charge in [-0.1, -0.05) is 0 Å². The van der Waals surface area contributed by atoms with E-state index in [1.807, 2.05) is 0 Å². The molecular formula is C13H17N3O3S. The van der Waals surface area contributed by atoms with Crippen molar-refractivity contribution in [3.05, 3.63) is 17.1 Å². The molecule has 0 spiro atoms. The molecule has 1 unspecified atom stereocenters. The van der Waals surface area contributed by atoms with E-state index in [1.54, 1.807) is 13.8 Å². The van der Waals surface area contributed by atoms with Gasteiger partial charge in [0.05, 0.1) is 5.69 Å². The summed E-state index contributed by atoms with van der Waals surface area (Å²) in [6.07, 6.45) is 2.16. The first-order valence-corrected chi connectivity index (χ1v) is 7.37. The van der Waals surface area contributed by atoms with E-state index < -0.39 is 5.97 Å². The molecule has 1 aromatic rings. The number of thioether (sulfide) groups is 1. The molecule has 1 aromatic heterocycles. The van der Waals surface area contributed by atoms with Crippen molar-refractivity contribution in [1.29, 1.82) is 0 Å². The summed E-state index contributed by atoms with van der Waals surface area (Å²) in [5.74, 6) is -0.462. The summed E-state index contributed by atoms with van der Waals surface area (Å²) in [4.78, 5) is 31.3. The number of amides is 1. The number of aryl methyl sites for hydroxylation is 2. The molecule has 1 saturated heterocycles. The summed E-state index contributed by atoms with van der Waals surface area (Å²) in [7, 11) is 0. The molecule has 1 amide bonds. The highest BCUT2D eigenvalue weighted by Crippen LogP contribution is 2.31. The van der Waals surface area contributed by atoms with Crippen LogP contribution in [0.2, 0.25) is 0 Å². The van der Waals surface area contributed by atoms with E-state index >= 15 is 0 Å². The molecule has 2 N–H and O–H groups in total. The van der Waals surface area contributed by atoms with E-state index in [9.17, 15) is 14.7 Å². The lowest BCUT2D eigenvalue weighted by Gasteiger charge is -2.14. The first-order valence-electron chi connectivity index (χ1n) is 6.49. The number of aromatic carboxylic acids is 1. The second-order valence-corrected chi connectivity index (χ2v) is 6.07. The van der Waals surface area contributed by atoms with Crippen LogP contribution in [0, 0.1) is 13.8 Å². The van der Waals surface area contributed by atoms with Gasteiger partial charge in [-0.25, -0.2) is 14.8 Å². The fraction of sp³-hybridized carbons (Fsp3) is 0.538. The Labute approximate surface area is 121 Å². The van der Waals surface area contributed by atoms with E-state index in [0.717, 1.165) is 12.8 Å². The molecule has 108 valence electrons. The fourth-order valence-electron chi connectivity index (χ4n) is 2.21. The fourth-order valence-corrected chi connectivity index (χ4v) is 3.58. The van der Waals surface area contributed by atoms with Crippen molar-refractivity contribution in [2.75, 3.05) is 6.54 Å². The SMILES string of the molecule is Cc1nc(C)c(C(=O)O)c(SC2CCCNC(=O)C2)n1. The van der Waals surface area contributed by atoms with E-state index in [-0.39, 0.29) is 16.7 Å². The Kier molecular flexibility index (Phi) is 4.59. The van der Waals surface area contributed by atoms with Gasteiger partial charge in [-0.15, -0.1) is 11.8 Å². The minimum absolute atomic E-state index is 0.0133. The Hall–Kier alpha value is -1.63. The Balaban J connectivity index is 2.27. The minimum Gasteiger partial charge on any atom is -0.478 e. The molecule has 0 radical (unpaired) electrons. The molecule has 6 nitrogen and oxygen atoms in total. The van der Waals surface area contributed by atoms with Crippen LogP contribution in [-0.4, -0.2) is 38.7 Å². The van der Waals surface area contributed by atoms with Crippen molar-refractivity contribution in [2.24, 2.45) is 0 Å². The summed E-state index contributed by atoms with van der Waals surface area (Å²) in [5, 5.41) is 12.6. The molecule has 1 aliphatic heterocycles. The number of hydrogen-bond acceptors (Lipinski definition) is 5. The topological polar surface area (TPSA) is 92.2 Å². The average Bonchev–Trinajstić information content (AvgIpc) is 2.52. The largest absolute Gasteiger partial charge is 0.478 e. The zero-order valence-corrected chi connectivity index (χ0v) is 12.3. The number of nitrogens with one attached hydrogen (secondary N) is 1. The Morgan fingerprint density at radius 1 is 1.40 bits per heavy atom. The third-order valence-corrected chi connectivity index (χ3v) is 4.35. The van der Waals surface area contributed by atoms with Crippen LogP contribution in [0.5, 0.6) is 0 Å². The molecule has 7 heteroatoms. The minimum atomic E-state index is -1.02. The van der Waals surface area contributed by atoms with Gasteiger partial charge in [0.25, 0.3) is 0 Å². The van der Waals surface area contributed by atoms with Gasteiger partial charge in [-0.2, -0.15) is 0 Å². The molecule has 1 atom stereocenters. The highest BCUT2D eigenvalue weighted by Gasteiger charge is 2.24. The summed E-state index contributed by atoms with van der Waals surface area (Å²) >= 11 is 1.37. The van der Waals surface area contributed by atoms with Crippen LogP contribution >= 0.6 is 11.8 Å². The third kappa shape index (κ3) is 3.47. The molecule has 2 heterocycles. The number of hydrogen-bond donors (Lipinski definition) is 2. The van der Waals surface area contributed by atoms with E-state index in [0.29, 0.717) is 29.5 Å². The van der Waals surface area contributed by atoms with E-state index in [2.05, 4.69) is 15.3 Å². The normalized spacial score (nSPS) is 19.3. The van der Waals surface area contributed by atoms with Gasteiger partial charge >= 0.3 is 5.97 Å². The standard InChI is InChI=1S/C13H17N3O3S/c1-7-11(13(18)19)12(16-8(2)15-7)20-9-4-3-5-14-10(17)6-9/h9H,3-6H2,1-2H3,(H,14,17)(H,18,19). The van der Waals surface area contributed by atoms with Crippen molar-refractivity contribution in [2.45, 2.75) is 43.4 Å². The quantitative estimate of drug-likeness (QED) is 0.822. The summed E-state index contributed by atoms with van der Waals surface area (Å²) < 4.78 is 0. The number of carbonyl (C=O) groups is 2. The van der Waals surface area contributed by atoms with Gasteiger partial charge < -0.3 is 10.4 Å². The van der Waals surface area contributed by atoms with Gasteiger partial charge in [-0.05, 0) is 26.7 Å². The second-order valence-electron chi connectivity index (χ2n) is 4.78. The van der Waals surface area contributed by atoms with Gasteiger partial charge in [0.15, 0.2) is 0 Å². The second kappa shape index (κ2) is 6.21. The average molecular weight is 295 g/mol. The lowest BCUT2D eigenvalue weighted by atomic mass is 10.2. The molecule has 0 saturated carbocycles. The summed E-state index contributed by atoms with van der Waals surface area (Å²) in [5.41, 5.74) is 0.607. The van der Waals surface area contributed by atoms with Crippen molar-refractivity contribution < 1.29 is 14.7 Å². The Morgan fingerprint density at radius 2 is 2.15 bits per heavy atom. The van der Waals surface area contributed by atoms with E-state index in [4.69, 9.17) is 0 Å². The number of carboxylic acids is 1. The zero-order chi connectivity index (χ0) is 14.7. The van der Waals surface area contributed by atoms with Crippen LogP contribution in [0.25, 0.3) is 0 Å². The lowest BCUT2D eigenvalue weighted by Crippen LogP contribution is -2.23. The van der Waals surface area contributed by atoms with Crippen LogP contribution in [0.15, 0.2) is 5.03 Å². The number of carboxylic acid groups (broad SMARTS) is 1. The predicted molar refractivity (Wildman–Crippen MR) is 75.0 cm³/mol. The molecule has 0 aromatic carbocycles. The van der Waals surface area contributed by atoms with Crippen LogP contribution in [0.3, 0.4) is 0 Å². The Bertz CT molecular complexity index is 548. The predicted octanol–water partition coefficient (Wildman–Crippen LogP) is 1.55. The lowest BCUT2D eigenvalue weighted by molar-refractivity contribution is -0.120. The molecule has 0 aliphatic carbocycles. The van der Waals surface area contributed by atoms with Crippen molar-refractivity contribution in [1.82, 2.24) is 15.3 Å². The number of carbonyl (C=O) groups excluding carboxylic acids is 1. The maximum Gasteiger partial charge on any atom is 0.340 e. The highest BCUT2D eigenvalue weighted by molar-refractivity contribution is 8.00. The van der Waals surface area contributed by atoms with Gasteiger partial charge in [0.1, 0.15) is 16.4 Å². The summed E-state index contributed by atoms with van der Waals surface area (Å²) in [6, 6.07) is 0. The third-order valence-electron chi connectivity index (χ3n) is 3.10. The summed E-state index contributed by atoms with van der Waals surface area (Å²) in [6.45, 7) is 4.09. The van der Waals surface area contributed by atoms with Crippen LogP contribution in [-0.2, 0) is 4.79 Å². The van der Waals surface area contributed by atoms with Crippen LogP contribution in [0.1, 0.15) is 41.1 Å². The number of nitrogens with zero attached hydrogens (tertiary/aromatic N) is 2. The monoisotopic (exact) mass is 295 g/mol. The molecule has 2 rings (SSSR count). The smallest absolute Gasteiger partial charge is 0.340 e. The van der Waals surface area contributed by atoms with Crippen molar-refractivity contribution in [3.8, 4) is 0 Å². The molecule has 1 aliphatic rings. The first kappa shape index (κ1) is 14.8.